The number of nitrogens with zero attached hydrogens (tertiary/aromatic N) is 1. The summed E-state index contributed by atoms with van der Waals surface area (Å²) in [6, 6.07) is 2.43. The van der Waals surface area contributed by atoms with Crippen molar-refractivity contribution in [2.75, 3.05) is 13.2 Å². The molecule has 2 rings (SSSR count). The zero-order valence-electron chi connectivity index (χ0n) is 17.7. The molecule has 0 aliphatic heterocycles. The molecule has 31 heavy (non-hydrogen) atoms. The van der Waals surface area contributed by atoms with Gasteiger partial charge in [-0.05, 0) is 30.7 Å². The van der Waals surface area contributed by atoms with Gasteiger partial charge in [-0.1, -0.05) is 44.7 Å². The second kappa shape index (κ2) is 11.6. The Morgan fingerprint density at radius 2 is 1.90 bits per heavy atom. The molecule has 1 aromatic rings. The minimum absolute atomic E-state index is 0.00376. The lowest BCUT2D eigenvalue weighted by Crippen LogP contribution is -2.46. The molecule has 0 radical (unpaired) electrons. The molecule has 10 heteroatoms. The average Bonchev–Trinajstić information content (AvgIpc) is 2.74. The lowest BCUT2D eigenvalue weighted by atomic mass is 9.89. The Hall–Kier alpha value is -2.68. The van der Waals surface area contributed by atoms with Crippen LogP contribution in [0, 0.1) is 22.0 Å². The number of ether oxygens (including phenoxy) is 1. The zero-order valence-corrected chi connectivity index (χ0v) is 18.4. The third-order valence-corrected chi connectivity index (χ3v) is 5.59. The number of hydrogen-bond acceptors (Lipinski definition) is 6. The lowest BCUT2D eigenvalue weighted by Gasteiger charge is -2.22. The molecular weight excluding hydrogens is 426 g/mol. The number of hydrogen-bond donors (Lipinski definition) is 2. The van der Waals surface area contributed by atoms with Gasteiger partial charge in [0.25, 0.3) is 17.5 Å². The Morgan fingerprint density at radius 3 is 2.48 bits per heavy atom. The lowest BCUT2D eigenvalue weighted by molar-refractivity contribution is -0.384. The molecule has 0 spiro atoms. The molecule has 2 N–H and O–H groups in total. The zero-order chi connectivity index (χ0) is 23.0. The molecule has 9 nitrogen and oxygen atoms in total. The largest absolute Gasteiger partial charge is 0.454 e. The number of nitrogens with one attached hydrogen (secondary N) is 2. The van der Waals surface area contributed by atoms with Crippen molar-refractivity contribution >= 4 is 35.1 Å². The summed E-state index contributed by atoms with van der Waals surface area (Å²) in [5, 5.41) is 16.0. The van der Waals surface area contributed by atoms with Gasteiger partial charge in [-0.2, -0.15) is 0 Å². The summed E-state index contributed by atoms with van der Waals surface area (Å²) in [6.07, 6.45) is 5.75. The molecule has 1 aliphatic rings. The van der Waals surface area contributed by atoms with Gasteiger partial charge in [0.15, 0.2) is 6.61 Å². The van der Waals surface area contributed by atoms with Gasteiger partial charge in [-0.15, -0.1) is 0 Å². The van der Waals surface area contributed by atoms with Gasteiger partial charge >= 0.3 is 5.97 Å². The molecule has 2 amide bonds. The highest BCUT2D eigenvalue weighted by Gasteiger charge is 2.28. The predicted octanol–water partition coefficient (Wildman–Crippen LogP) is 3.24. The van der Waals surface area contributed by atoms with Crippen LogP contribution in [0.4, 0.5) is 5.69 Å². The molecule has 0 saturated heterocycles. The molecule has 170 valence electrons. The van der Waals surface area contributed by atoms with E-state index in [-0.39, 0.29) is 28.1 Å². The number of amides is 2. The summed E-state index contributed by atoms with van der Waals surface area (Å²) in [4.78, 5) is 47.2. The number of halogens is 1. The summed E-state index contributed by atoms with van der Waals surface area (Å²) in [7, 11) is 0. The van der Waals surface area contributed by atoms with Crippen LogP contribution >= 0.6 is 11.6 Å². The van der Waals surface area contributed by atoms with Crippen LogP contribution < -0.4 is 10.6 Å². The topological polar surface area (TPSA) is 128 Å². The van der Waals surface area contributed by atoms with E-state index in [9.17, 15) is 24.5 Å². The van der Waals surface area contributed by atoms with Crippen LogP contribution in [0.2, 0.25) is 5.02 Å². The number of benzene rings is 1. The van der Waals surface area contributed by atoms with Crippen LogP contribution in [0.3, 0.4) is 0 Å². The molecule has 0 aromatic heterocycles. The number of carbonyl (C=O) groups excluding carboxylic acids is 3. The maximum Gasteiger partial charge on any atom is 0.329 e. The van der Waals surface area contributed by atoms with Crippen molar-refractivity contribution in [1.82, 2.24) is 10.6 Å². The Morgan fingerprint density at radius 1 is 1.23 bits per heavy atom. The van der Waals surface area contributed by atoms with Gasteiger partial charge in [0.05, 0.1) is 15.5 Å². The Kier molecular flexibility index (Phi) is 9.23. The van der Waals surface area contributed by atoms with E-state index in [0.717, 1.165) is 25.0 Å². The van der Waals surface area contributed by atoms with Crippen LogP contribution in [-0.2, 0) is 14.3 Å². The molecule has 0 bridgehead atoms. The number of nitro benzene ring substituents is 1. The molecule has 0 heterocycles. The highest BCUT2D eigenvalue weighted by molar-refractivity contribution is 6.34. The van der Waals surface area contributed by atoms with Crippen LogP contribution in [0.15, 0.2) is 18.2 Å². The molecule has 1 saturated carbocycles. The highest BCUT2D eigenvalue weighted by atomic mass is 35.5. The average molecular weight is 454 g/mol. The van der Waals surface area contributed by atoms with E-state index in [4.69, 9.17) is 16.3 Å². The molecule has 0 unspecified atom stereocenters. The van der Waals surface area contributed by atoms with E-state index < -0.39 is 29.4 Å². The van der Waals surface area contributed by atoms with Gasteiger partial charge in [-0.25, -0.2) is 4.79 Å². The third-order valence-electron chi connectivity index (χ3n) is 5.27. The fourth-order valence-corrected chi connectivity index (χ4v) is 3.71. The minimum Gasteiger partial charge on any atom is -0.454 e. The van der Waals surface area contributed by atoms with Crippen LogP contribution in [0.5, 0.6) is 0 Å². The third kappa shape index (κ3) is 7.50. The summed E-state index contributed by atoms with van der Waals surface area (Å²) in [5.74, 6) is -1.65. The van der Waals surface area contributed by atoms with Crippen molar-refractivity contribution in [3.8, 4) is 0 Å². The summed E-state index contributed by atoms with van der Waals surface area (Å²) in [5.41, 5.74) is -0.253. The fourth-order valence-electron chi connectivity index (χ4n) is 3.45. The van der Waals surface area contributed by atoms with Gasteiger partial charge in [0.2, 0.25) is 0 Å². The summed E-state index contributed by atoms with van der Waals surface area (Å²) < 4.78 is 5.10. The standard InChI is InChI=1S/C21H28ClN3O6/c1-13(2)19(24-20(27)16-9-8-15(25(29)30)10-17(16)22)21(28)31-12-18(26)23-11-14-6-4-3-5-7-14/h8-10,13-14,19H,3-7,11-12H2,1-2H3,(H,23,26)(H,24,27)/t19-/m0/s1. The summed E-state index contributed by atoms with van der Waals surface area (Å²) >= 11 is 5.98. The van der Waals surface area contributed by atoms with E-state index in [2.05, 4.69) is 10.6 Å². The monoisotopic (exact) mass is 453 g/mol. The van der Waals surface area contributed by atoms with E-state index in [1.807, 2.05) is 0 Å². The minimum atomic E-state index is -1.01. The number of rotatable bonds is 9. The maximum atomic E-state index is 12.5. The number of esters is 1. The molecule has 1 fully saturated rings. The number of carbonyl (C=O) groups is 3. The summed E-state index contributed by atoms with van der Waals surface area (Å²) in [6.45, 7) is 3.57. The van der Waals surface area contributed by atoms with Crippen molar-refractivity contribution in [2.45, 2.75) is 52.0 Å². The van der Waals surface area contributed by atoms with Gasteiger partial charge < -0.3 is 15.4 Å². The molecule has 1 aromatic carbocycles. The van der Waals surface area contributed by atoms with E-state index in [1.54, 1.807) is 13.8 Å². The molecule has 1 atom stereocenters. The SMILES string of the molecule is CC(C)[C@H](NC(=O)c1ccc([N+](=O)[O-])cc1Cl)C(=O)OCC(=O)NCC1CCCCC1. The van der Waals surface area contributed by atoms with Crippen molar-refractivity contribution in [2.24, 2.45) is 11.8 Å². The molecular formula is C21H28ClN3O6. The van der Waals surface area contributed by atoms with Crippen LogP contribution in [0.25, 0.3) is 0 Å². The first kappa shape index (κ1) is 24.6. The first-order valence-electron chi connectivity index (χ1n) is 10.4. The number of non-ortho nitro benzene ring substituents is 1. The quantitative estimate of drug-likeness (QED) is 0.335. The fraction of sp³-hybridized carbons (Fsp3) is 0.571. The van der Waals surface area contributed by atoms with Gasteiger partial charge in [0, 0.05) is 18.7 Å². The van der Waals surface area contributed by atoms with Gasteiger partial charge in [-0.3, -0.25) is 19.7 Å². The molecule has 1 aliphatic carbocycles. The Balaban J connectivity index is 1.89. The maximum absolute atomic E-state index is 12.5. The Bertz CT molecular complexity index is 823. The van der Waals surface area contributed by atoms with E-state index in [0.29, 0.717) is 12.5 Å². The normalized spacial score (nSPS) is 15.2. The van der Waals surface area contributed by atoms with Crippen molar-refractivity contribution in [1.29, 1.82) is 0 Å². The second-order valence-electron chi connectivity index (χ2n) is 8.03. The Labute approximate surface area is 186 Å². The first-order chi connectivity index (χ1) is 14.7. The van der Waals surface area contributed by atoms with Crippen molar-refractivity contribution in [3.05, 3.63) is 38.9 Å². The van der Waals surface area contributed by atoms with Gasteiger partial charge in [0.1, 0.15) is 6.04 Å². The first-order valence-corrected chi connectivity index (χ1v) is 10.7. The van der Waals surface area contributed by atoms with E-state index >= 15 is 0 Å². The van der Waals surface area contributed by atoms with Crippen molar-refractivity contribution in [3.63, 3.8) is 0 Å². The van der Waals surface area contributed by atoms with Crippen LogP contribution in [0.1, 0.15) is 56.3 Å². The van der Waals surface area contributed by atoms with Crippen molar-refractivity contribution < 1.29 is 24.0 Å². The number of nitro groups is 1. The van der Waals surface area contributed by atoms with E-state index in [1.165, 1.54) is 25.3 Å². The van der Waals surface area contributed by atoms with Crippen LogP contribution in [-0.4, -0.2) is 41.9 Å². The predicted molar refractivity (Wildman–Crippen MR) is 115 cm³/mol. The highest BCUT2D eigenvalue weighted by Crippen LogP contribution is 2.23. The second-order valence-corrected chi connectivity index (χ2v) is 8.44. The smallest absolute Gasteiger partial charge is 0.329 e.